The van der Waals surface area contributed by atoms with Crippen LogP contribution < -0.4 is 4.74 Å². The van der Waals surface area contributed by atoms with Gasteiger partial charge in [0.25, 0.3) is 5.91 Å². The largest absolute Gasteiger partial charge is 0.493 e. The predicted molar refractivity (Wildman–Crippen MR) is 122 cm³/mol. The highest BCUT2D eigenvalue weighted by Gasteiger charge is 2.21. The molecular formula is C25H22FN5O2. The molecule has 1 N–H and O–H groups in total. The summed E-state index contributed by atoms with van der Waals surface area (Å²) >= 11 is 0. The van der Waals surface area contributed by atoms with Gasteiger partial charge in [0.15, 0.2) is 0 Å². The Morgan fingerprint density at radius 3 is 2.85 bits per heavy atom. The van der Waals surface area contributed by atoms with E-state index < -0.39 is 5.82 Å². The van der Waals surface area contributed by atoms with Gasteiger partial charge in [-0.15, -0.1) is 0 Å². The number of nitrogens with one attached hydrogen (secondary N) is 1. The van der Waals surface area contributed by atoms with Crippen LogP contribution in [0.5, 0.6) is 5.75 Å². The van der Waals surface area contributed by atoms with Gasteiger partial charge >= 0.3 is 0 Å². The van der Waals surface area contributed by atoms with Crippen molar-refractivity contribution in [1.29, 1.82) is 5.26 Å². The minimum atomic E-state index is -0.597. The molecule has 0 aliphatic rings. The Morgan fingerprint density at radius 2 is 2.09 bits per heavy atom. The first-order valence-corrected chi connectivity index (χ1v) is 10.4. The molecule has 166 valence electrons. The number of amides is 1. The van der Waals surface area contributed by atoms with Crippen molar-refractivity contribution in [1.82, 2.24) is 20.1 Å². The number of benzene rings is 2. The van der Waals surface area contributed by atoms with Crippen molar-refractivity contribution in [3.05, 3.63) is 77.0 Å². The standard InChI is InChI=1S/C25H22FN5O2/c1-4-33-22-10-18(9-21(26)23(22)17-7-5-6-16(8-17)11-27)25(32)31(3)14-19-12-28-15(2)20-13-29-30-24(19)20/h5-10,12-13H,4,14H2,1-3H3,(H,29,30). The van der Waals surface area contributed by atoms with Crippen LogP contribution in [0.3, 0.4) is 0 Å². The number of aromatic amines is 1. The molecule has 0 aliphatic heterocycles. The van der Waals surface area contributed by atoms with E-state index in [4.69, 9.17) is 4.74 Å². The number of carbonyl (C=O) groups is 1. The summed E-state index contributed by atoms with van der Waals surface area (Å²) in [7, 11) is 1.65. The van der Waals surface area contributed by atoms with Gasteiger partial charge in [-0.05, 0) is 43.7 Å². The maximum absolute atomic E-state index is 15.3. The summed E-state index contributed by atoms with van der Waals surface area (Å²) in [5, 5.41) is 17.1. The molecule has 0 fully saturated rings. The highest BCUT2D eigenvalue weighted by molar-refractivity contribution is 5.96. The van der Waals surface area contributed by atoms with Crippen molar-refractivity contribution in [2.75, 3.05) is 13.7 Å². The zero-order chi connectivity index (χ0) is 23.5. The molecule has 0 bridgehead atoms. The summed E-state index contributed by atoms with van der Waals surface area (Å²) in [6, 6.07) is 11.4. The Kier molecular flexibility index (Phi) is 6.05. The summed E-state index contributed by atoms with van der Waals surface area (Å²) in [5.41, 5.74) is 3.77. The molecule has 2 aromatic heterocycles. The van der Waals surface area contributed by atoms with Crippen molar-refractivity contribution in [3.8, 4) is 22.9 Å². The number of aromatic nitrogens is 3. The Hall–Kier alpha value is -4.25. The van der Waals surface area contributed by atoms with E-state index in [-0.39, 0.29) is 29.3 Å². The Labute approximate surface area is 190 Å². The van der Waals surface area contributed by atoms with Crippen LogP contribution in [-0.2, 0) is 6.54 Å². The molecule has 0 aliphatic carbocycles. The molecule has 7 nitrogen and oxygen atoms in total. The van der Waals surface area contributed by atoms with E-state index >= 15 is 4.39 Å². The van der Waals surface area contributed by atoms with Crippen LogP contribution in [0.15, 0.2) is 48.8 Å². The monoisotopic (exact) mass is 443 g/mol. The molecule has 0 spiro atoms. The number of nitriles is 1. The molecule has 4 rings (SSSR count). The molecule has 1 amide bonds. The van der Waals surface area contributed by atoms with E-state index in [1.54, 1.807) is 56.7 Å². The van der Waals surface area contributed by atoms with E-state index in [9.17, 15) is 10.1 Å². The van der Waals surface area contributed by atoms with E-state index in [0.717, 1.165) is 22.2 Å². The lowest BCUT2D eigenvalue weighted by molar-refractivity contribution is 0.0784. The molecule has 0 atom stereocenters. The lowest BCUT2D eigenvalue weighted by Crippen LogP contribution is -2.26. The van der Waals surface area contributed by atoms with Crippen LogP contribution in [0.25, 0.3) is 22.0 Å². The first-order valence-electron chi connectivity index (χ1n) is 10.4. The lowest BCUT2D eigenvalue weighted by Gasteiger charge is -2.19. The Bertz CT molecular complexity index is 1390. The smallest absolute Gasteiger partial charge is 0.254 e. The third-order valence-corrected chi connectivity index (χ3v) is 5.40. The molecular weight excluding hydrogens is 421 g/mol. The van der Waals surface area contributed by atoms with Gasteiger partial charge in [0.05, 0.1) is 35.5 Å². The number of hydrogen-bond donors (Lipinski definition) is 1. The van der Waals surface area contributed by atoms with Crippen molar-refractivity contribution >= 4 is 16.8 Å². The summed E-state index contributed by atoms with van der Waals surface area (Å²) in [6.07, 6.45) is 3.41. The van der Waals surface area contributed by atoms with Crippen LogP contribution >= 0.6 is 0 Å². The fourth-order valence-electron chi connectivity index (χ4n) is 3.78. The second-order valence-electron chi connectivity index (χ2n) is 7.65. The van der Waals surface area contributed by atoms with Crippen LogP contribution in [0.1, 0.15) is 34.1 Å². The van der Waals surface area contributed by atoms with Gasteiger partial charge in [0, 0.05) is 42.0 Å². The Morgan fingerprint density at radius 1 is 1.27 bits per heavy atom. The van der Waals surface area contributed by atoms with Gasteiger partial charge in [-0.3, -0.25) is 14.9 Å². The van der Waals surface area contributed by atoms with Gasteiger partial charge in [0.2, 0.25) is 0 Å². The number of nitrogens with zero attached hydrogens (tertiary/aromatic N) is 4. The topological polar surface area (TPSA) is 94.9 Å². The first kappa shape index (κ1) is 22.0. The van der Waals surface area contributed by atoms with Crippen molar-refractivity contribution in [2.24, 2.45) is 0 Å². The molecule has 2 heterocycles. The highest BCUT2D eigenvalue weighted by atomic mass is 19.1. The summed E-state index contributed by atoms with van der Waals surface area (Å²) in [6.45, 7) is 4.24. The van der Waals surface area contributed by atoms with E-state index in [1.165, 1.54) is 11.0 Å². The van der Waals surface area contributed by atoms with Crippen molar-refractivity contribution in [2.45, 2.75) is 20.4 Å². The third-order valence-electron chi connectivity index (χ3n) is 5.40. The quantitative estimate of drug-likeness (QED) is 0.469. The van der Waals surface area contributed by atoms with Gasteiger partial charge in [-0.1, -0.05) is 12.1 Å². The fourth-order valence-corrected chi connectivity index (χ4v) is 3.78. The molecule has 8 heteroatoms. The summed E-state index contributed by atoms with van der Waals surface area (Å²) < 4.78 is 20.9. The number of ether oxygens (including phenoxy) is 1. The number of pyridine rings is 1. The first-order chi connectivity index (χ1) is 15.9. The van der Waals surface area contributed by atoms with Crippen molar-refractivity contribution in [3.63, 3.8) is 0 Å². The second kappa shape index (κ2) is 9.09. The van der Waals surface area contributed by atoms with E-state index in [1.807, 2.05) is 6.92 Å². The average molecular weight is 443 g/mol. The number of H-pyrrole nitrogens is 1. The highest BCUT2D eigenvalue weighted by Crippen LogP contribution is 2.35. The number of halogens is 1. The molecule has 2 aromatic carbocycles. The van der Waals surface area contributed by atoms with Crippen LogP contribution in [-0.4, -0.2) is 39.6 Å². The minimum absolute atomic E-state index is 0.166. The molecule has 0 saturated carbocycles. The van der Waals surface area contributed by atoms with Crippen LogP contribution in [0, 0.1) is 24.1 Å². The predicted octanol–water partition coefficient (Wildman–Crippen LogP) is 4.62. The molecule has 33 heavy (non-hydrogen) atoms. The number of carbonyl (C=O) groups excluding carboxylic acids is 1. The average Bonchev–Trinajstić information content (AvgIpc) is 3.31. The number of fused-ring (bicyclic) bond motifs is 1. The molecule has 4 aromatic rings. The summed E-state index contributed by atoms with van der Waals surface area (Å²) in [5.74, 6) is -0.710. The molecule has 0 radical (unpaired) electrons. The number of aryl methyl sites for hydroxylation is 1. The Balaban J connectivity index is 1.68. The van der Waals surface area contributed by atoms with Gasteiger partial charge in [-0.25, -0.2) is 4.39 Å². The van der Waals surface area contributed by atoms with Crippen molar-refractivity contribution < 1.29 is 13.9 Å². The summed E-state index contributed by atoms with van der Waals surface area (Å²) in [4.78, 5) is 19.0. The van der Waals surface area contributed by atoms with Gasteiger partial charge < -0.3 is 9.64 Å². The zero-order valence-electron chi connectivity index (χ0n) is 18.5. The molecule has 0 saturated heterocycles. The minimum Gasteiger partial charge on any atom is -0.493 e. The molecule has 0 unspecified atom stereocenters. The van der Waals surface area contributed by atoms with Crippen LogP contribution in [0.4, 0.5) is 4.39 Å². The normalized spacial score (nSPS) is 10.8. The van der Waals surface area contributed by atoms with Gasteiger partial charge in [-0.2, -0.15) is 10.4 Å². The lowest BCUT2D eigenvalue weighted by atomic mass is 9.99. The maximum atomic E-state index is 15.3. The maximum Gasteiger partial charge on any atom is 0.254 e. The third kappa shape index (κ3) is 4.26. The van der Waals surface area contributed by atoms with Crippen LogP contribution in [0.2, 0.25) is 0 Å². The zero-order valence-corrected chi connectivity index (χ0v) is 18.5. The van der Waals surface area contributed by atoms with E-state index in [0.29, 0.717) is 17.7 Å². The second-order valence-corrected chi connectivity index (χ2v) is 7.65. The SMILES string of the molecule is CCOc1cc(C(=O)N(C)Cc2cnc(C)c3cn[nH]c23)cc(F)c1-c1cccc(C#N)c1. The van der Waals surface area contributed by atoms with E-state index in [2.05, 4.69) is 21.3 Å². The fraction of sp³-hybridized carbons (Fsp3) is 0.200. The number of hydrogen-bond acceptors (Lipinski definition) is 5. The van der Waals surface area contributed by atoms with Gasteiger partial charge in [0.1, 0.15) is 11.6 Å². The number of rotatable bonds is 6.